The lowest BCUT2D eigenvalue weighted by Gasteiger charge is -2.29. The first-order valence-electron chi connectivity index (χ1n) is 10.0. The summed E-state index contributed by atoms with van der Waals surface area (Å²) in [6, 6.07) is 5.63. The number of benzene rings is 1. The average Bonchev–Trinajstić information content (AvgIpc) is 3.24. The first-order chi connectivity index (χ1) is 13.9. The highest BCUT2D eigenvalue weighted by molar-refractivity contribution is 7.89. The van der Waals surface area contributed by atoms with Crippen LogP contribution in [-0.4, -0.2) is 63.6 Å². The van der Waals surface area contributed by atoms with Gasteiger partial charge in [0.2, 0.25) is 10.0 Å². The van der Waals surface area contributed by atoms with Gasteiger partial charge in [0.05, 0.1) is 16.6 Å². The van der Waals surface area contributed by atoms with Crippen molar-refractivity contribution in [3.05, 3.63) is 29.8 Å². The Morgan fingerprint density at radius 2 is 1.86 bits per heavy atom. The molecule has 8 nitrogen and oxygen atoms in total. The molecule has 29 heavy (non-hydrogen) atoms. The molecule has 2 aliphatic rings. The van der Waals surface area contributed by atoms with Gasteiger partial charge in [0.15, 0.2) is 6.61 Å². The first-order valence-corrected chi connectivity index (χ1v) is 11.5. The highest BCUT2D eigenvalue weighted by atomic mass is 32.2. The summed E-state index contributed by atoms with van der Waals surface area (Å²) in [5.74, 6) is -0.540. The molecule has 0 saturated carbocycles. The Bertz CT molecular complexity index is 810. The topological polar surface area (TPSA) is 102 Å². The zero-order chi connectivity index (χ0) is 20.9. The molecule has 0 spiro atoms. The molecule has 2 heterocycles. The Morgan fingerprint density at radius 1 is 1.17 bits per heavy atom. The van der Waals surface area contributed by atoms with Crippen molar-refractivity contribution in [3.8, 4) is 0 Å². The van der Waals surface area contributed by atoms with Gasteiger partial charge >= 0.3 is 5.97 Å². The molecule has 0 bridgehead atoms. The van der Waals surface area contributed by atoms with E-state index in [0.29, 0.717) is 32.2 Å². The maximum absolute atomic E-state index is 12.7. The molecule has 1 atom stereocenters. The number of nitrogens with one attached hydrogen (secondary N) is 1. The van der Waals surface area contributed by atoms with Gasteiger partial charge in [0, 0.05) is 26.2 Å². The number of nitrogens with zero attached hydrogens (tertiary/aromatic N) is 1. The summed E-state index contributed by atoms with van der Waals surface area (Å²) >= 11 is 0. The number of esters is 1. The van der Waals surface area contributed by atoms with Crippen molar-refractivity contribution >= 4 is 21.9 Å². The minimum Gasteiger partial charge on any atom is -0.452 e. The van der Waals surface area contributed by atoms with Crippen molar-refractivity contribution < 1.29 is 27.5 Å². The van der Waals surface area contributed by atoms with Crippen LogP contribution in [-0.2, 0) is 24.3 Å². The number of hydrogen-bond donors (Lipinski definition) is 1. The van der Waals surface area contributed by atoms with Crippen molar-refractivity contribution in [2.24, 2.45) is 5.92 Å². The zero-order valence-electron chi connectivity index (χ0n) is 16.6. The molecule has 1 N–H and O–H groups in total. The number of piperidine rings is 1. The number of ether oxygens (including phenoxy) is 2. The third kappa shape index (κ3) is 5.77. The first kappa shape index (κ1) is 21.7. The van der Waals surface area contributed by atoms with Crippen LogP contribution in [0.15, 0.2) is 29.2 Å². The Hall–Kier alpha value is -1.97. The lowest BCUT2D eigenvalue weighted by Crippen LogP contribution is -2.37. The van der Waals surface area contributed by atoms with Gasteiger partial charge in [-0.05, 0) is 55.9 Å². The predicted molar refractivity (Wildman–Crippen MR) is 106 cm³/mol. The van der Waals surface area contributed by atoms with Crippen LogP contribution in [0.1, 0.15) is 43.0 Å². The molecule has 0 aromatic heterocycles. The van der Waals surface area contributed by atoms with E-state index in [1.807, 2.05) is 0 Å². The van der Waals surface area contributed by atoms with Crippen molar-refractivity contribution in [3.63, 3.8) is 0 Å². The fraction of sp³-hybridized carbons (Fsp3) is 0.600. The van der Waals surface area contributed by atoms with E-state index in [9.17, 15) is 18.0 Å². The van der Waals surface area contributed by atoms with Crippen molar-refractivity contribution in [1.82, 2.24) is 9.62 Å². The van der Waals surface area contributed by atoms with Gasteiger partial charge in [0.25, 0.3) is 5.91 Å². The SMILES string of the molecule is CC1CCN(S(=O)(=O)c2ccc(C(=O)OCC(=O)NC[C@H]3CCCO3)cc2)CC1. The maximum atomic E-state index is 12.7. The molecular formula is C20H28N2O6S. The Labute approximate surface area is 171 Å². The van der Waals surface area contributed by atoms with Crippen LogP contribution < -0.4 is 5.32 Å². The summed E-state index contributed by atoms with van der Waals surface area (Å²) in [7, 11) is -3.56. The van der Waals surface area contributed by atoms with Gasteiger partial charge in [0.1, 0.15) is 0 Å². The second kappa shape index (κ2) is 9.69. The van der Waals surface area contributed by atoms with E-state index in [4.69, 9.17) is 9.47 Å². The Kier molecular flexibility index (Phi) is 7.26. The number of hydrogen-bond acceptors (Lipinski definition) is 6. The van der Waals surface area contributed by atoms with Gasteiger partial charge in [-0.15, -0.1) is 0 Å². The fourth-order valence-electron chi connectivity index (χ4n) is 3.44. The van der Waals surface area contributed by atoms with E-state index < -0.39 is 28.5 Å². The third-order valence-electron chi connectivity index (χ3n) is 5.36. The van der Waals surface area contributed by atoms with Crippen LogP contribution >= 0.6 is 0 Å². The number of sulfonamides is 1. The lowest BCUT2D eigenvalue weighted by molar-refractivity contribution is -0.124. The molecule has 1 aromatic rings. The summed E-state index contributed by atoms with van der Waals surface area (Å²) in [6.07, 6.45) is 3.60. The van der Waals surface area contributed by atoms with E-state index in [-0.39, 0.29) is 16.6 Å². The van der Waals surface area contributed by atoms with Crippen LogP contribution in [0, 0.1) is 5.92 Å². The van der Waals surface area contributed by atoms with Crippen LogP contribution in [0.2, 0.25) is 0 Å². The monoisotopic (exact) mass is 424 g/mol. The van der Waals surface area contributed by atoms with Crippen molar-refractivity contribution in [2.75, 3.05) is 32.8 Å². The van der Waals surface area contributed by atoms with E-state index in [1.165, 1.54) is 28.6 Å². The van der Waals surface area contributed by atoms with Gasteiger partial charge < -0.3 is 14.8 Å². The highest BCUT2D eigenvalue weighted by Crippen LogP contribution is 2.23. The van der Waals surface area contributed by atoms with Gasteiger partial charge in [-0.3, -0.25) is 4.79 Å². The summed E-state index contributed by atoms with van der Waals surface area (Å²) in [5, 5.41) is 2.67. The Morgan fingerprint density at radius 3 is 2.48 bits per heavy atom. The summed E-state index contributed by atoms with van der Waals surface area (Å²) in [5.41, 5.74) is 0.197. The second-order valence-corrected chi connectivity index (χ2v) is 9.56. The van der Waals surface area contributed by atoms with Crippen LogP contribution in [0.3, 0.4) is 0 Å². The molecule has 2 aliphatic heterocycles. The van der Waals surface area contributed by atoms with E-state index in [2.05, 4.69) is 12.2 Å². The van der Waals surface area contributed by atoms with E-state index >= 15 is 0 Å². The zero-order valence-corrected chi connectivity index (χ0v) is 17.4. The smallest absolute Gasteiger partial charge is 0.338 e. The van der Waals surface area contributed by atoms with E-state index in [0.717, 1.165) is 25.7 Å². The minimum atomic E-state index is -3.56. The normalized spacial score (nSPS) is 21.1. The van der Waals surface area contributed by atoms with Crippen LogP contribution in [0.5, 0.6) is 0 Å². The minimum absolute atomic E-state index is 0.0206. The standard InChI is InChI=1S/C20H28N2O6S/c1-15-8-10-22(11-9-15)29(25,26)18-6-4-16(5-7-18)20(24)28-14-19(23)21-13-17-3-2-12-27-17/h4-7,15,17H,2-3,8-14H2,1H3,(H,21,23)/t17-/m1/s1. The Balaban J connectivity index is 1.49. The van der Waals surface area contributed by atoms with Crippen LogP contribution in [0.25, 0.3) is 0 Å². The molecular weight excluding hydrogens is 396 g/mol. The molecule has 160 valence electrons. The second-order valence-electron chi connectivity index (χ2n) is 7.63. The lowest BCUT2D eigenvalue weighted by atomic mass is 10.0. The van der Waals surface area contributed by atoms with Gasteiger partial charge in [-0.1, -0.05) is 6.92 Å². The number of carbonyl (C=O) groups is 2. The predicted octanol–water partition coefficient (Wildman–Crippen LogP) is 1.56. The number of amides is 1. The molecule has 0 aliphatic carbocycles. The fourth-order valence-corrected chi connectivity index (χ4v) is 4.91. The molecule has 0 unspecified atom stereocenters. The maximum Gasteiger partial charge on any atom is 0.338 e. The number of carbonyl (C=O) groups excluding carboxylic acids is 2. The molecule has 9 heteroatoms. The molecule has 1 amide bonds. The quantitative estimate of drug-likeness (QED) is 0.667. The summed E-state index contributed by atoms with van der Waals surface area (Å²) < 4.78 is 37.3. The van der Waals surface area contributed by atoms with E-state index in [1.54, 1.807) is 0 Å². The highest BCUT2D eigenvalue weighted by Gasteiger charge is 2.28. The number of rotatable bonds is 7. The van der Waals surface area contributed by atoms with Crippen molar-refractivity contribution in [2.45, 2.75) is 43.6 Å². The summed E-state index contributed by atoms with van der Waals surface area (Å²) in [4.78, 5) is 24.1. The average molecular weight is 425 g/mol. The van der Waals surface area contributed by atoms with Gasteiger partial charge in [-0.2, -0.15) is 4.31 Å². The van der Waals surface area contributed by atoms with Gasteiger partial charge in [-0.25, -0.2) is 13.2 Å². The van der Waals surface area contributed by atoms with Crippen LogP contribution in [0.4, 0.5) is 0 Å². The molecule has 1 aromatic carbocycles. The van der Waals surface area contributed by atoms with Crippen molar-refractivity contribution in [1.29, 1.82) is 0 Å². The summed E-state index contributed by atoms with van der Waals surface area (Å²) in [6.45, 7) is 3.85. The largest absolute Gasteiger partial charge is 0.452 e. The molecule has 0 radical (unpaired) electrons. The molecule has 2 saturated heterocycles. The third-order valence-corrected chi connectivity index (χ3v) is 7.27. The molecule has 2 fully saturated rings. The molecule has 3 rings (SSSR count).